The van der Waals surface area contributed by atoms with E-state index in [9.17, 15) is 13.2 Å². The van der Waals surface area contributed by atoms with Gasteiger partial charge in [-0.25, -0.2) is 0 Å². The molecule has 0 aliphatic carbocycles. The smallest absolute Gasteiger partial charge is 0.279 e. The number of hydrogen-bond acceptors (Lipinski definition) is 3. The van der Waals surface area contributed by atoms with Crippen LogP contribution in [-0.2, 0) is 15.0 Å². The Morgan fingerprint density at radius 3 is 2.53 bits per heavy atom. The Labute approximate surface area is 102 Å². The number of amides is 1. The molecule has 2 fully saturated rings. The van der Waals surface area contributed by atoms with Crippen molar-refractivity contribution in [2.75, 3.05) is 19.6 Å². The molecule has 2 aliphatic rings. The van der Waals surface area contributed by atoms with Gasteiger partial charge in [0.05, 0.1) is 0 Å². The van der Waals surface area contributed by atoms with Gasteiger partial charge in [0.1, 0.15) is 0 Å². The van der Waals surface area contributed by atoms with Gasteiger partial charge in [0, 0.05) is 32.1 Å². The molecular weight excluding hydrogens is 242 g/mol. The molecule has 1 atom stereocenters. The van der Waals surface area contributed by atoms with Crippen molar-refractivity contribution in [2.45, 2.75) is 38.1 Å². The lowest BCUT2D eigenvalue weighted by Crippen LogP contribution is -2.52. The molecule has 17 heavy (non-hydrogen) atoms. The molecule has 7 heteroatoms. The van der Waals surface area contributed by atoms with Crippen molar-refractivity contribution < 1.29 is 13.2 Å². The average molecular weight is 261 g/mol. The van der Waals surface area contributed by atoms with E-state index in [1.165, 1.54) is 4.31 Å². The summed E-state index contributed by atoms with van der Waals surface area (Å²) >= 11 is 0. The van der Waals surface area contributed by atoms with E-state index in [1.54, 1.807) is 0 Å². The van der Waals surface area contributed by atoms with Gasteiger partial charge in [-0.05, 0) is 19.3 Å². The second-order valence-electron chi connectivity index (χ2n) is 4.62. The topological polar surface area (TPSA) is 78.5 Å². The minimum atomic E-state index is -3.37. The summed E-state index contributed by atoms with van der Waals surface area (Å²) in [5.41, 5.74) is 0. The van der Waals surface area contributed by atoms with Gasteiger partial charge < -0.3 is 5.32 Å². The minimum Gasteiger partial charge on any atom is -0.355 e. The second-order valence-corrected chi connectivity index (χ2v) is 6.32. The zero-order chi connectivity index (χ0) is 12.3. The number of piperidine rings is 2. The van der Waals surface area contributed by atoms with Crippen molar-refractivity contribution in [2.24, 2.45) is 0 Å². The number of rotatable bonds is 3. The first kappa shape index (κ1) is 12.8. The van der Waals surface area contributed by atoms with Gasteiger partial charge in [0.25, 0.3) is 10.2 Å². The minimum absolute atomic E-state index is 0.00146. The predicted molar refractivity (Wildman–Crippen MR) is 63.5 cm³/mol. The van der Waals surface area contributed by atoms with Crippen LogP contribution in [0.5, 0.6) is 0 Å². The van der Waals surface area contributed by atoms with E-state index in [1.807, 2.05) is 0 Å². The molecule has 0 bridgehead atoms. The van der Waals surface area contributed by atoms with Crippen molar-refractivity contribution in [1.82, 2.24) is 14.3 Å². The third kappa shape index (κ3) is 3.40. The van der Waals surface area contributed by atoms with E-state index in [0.717, 1.165) is 19.3 Å². The third-order valence-corrected chi connectivity index (χ3v) is 4.91. The largest absolute Gasteiger partial charge is 0.355 e. The second kappa shape index (κ2) is 5.32. The van der Waals surface area contributed by atoms with Crippen LogP contribution in [0.2, 0.25) is 0 Å². The highest BCUT2D eigenvalue weighted by atomic mass is 32.2. The quantitative estimate of drug-likeness (QED) is 0.724. The Bertz CT molecular complexity index is 366. The zero-order valence-corrected chi connectivity index (χ0v) is 10.6. The molecule has 1 unspecified atom stereocenters. The van der Waals surface area contributed by atoms with E-state index < -0.39 is 10.2 Å². The molecule has 0 aromatic rings. The number of carbonyl (C=O) groups excluding carboxylic acids is 1. The molecular formula is C10H19N3O3S. The molecule has 2 aliphatic heterocycles. The van der Waals surface area contributed by atoms with E-state index in [4.69, 9.17) is 0 Å². The first-order chi connectivity index (χ1) is 8.08. The summed E-state index contributed by atoms with van der Waals surface area (Å²) in [6.45, 7) is 1.61. The van der Waals surface area contributed by atoms with Crippen molar-refractivity contribution >= 4 is 16.1 Å². The molecule has 98 valence electrons. The molecule has 0 saturated carbocycles. The third-order valence-electron chi connectivity index (χ3n) is 3.24. The van der Waals surface area contributed by atoms with Gasteiger partial charge in [-0.15, -0.1) is 0 Å². The Balaban J connectivity index is 1.90. The van der Waals surface area contributed by atoms with Gasteiger partial charge in [0.2, 0.25) is 5.91 Å². The molecule has 2 rings (SSSR count). The van der Waals surface area contributed by atoms with Crippen LogP contribution in [0.3, 0.4) is 0 Å². The average Bonchev–Trinajstić information content (AvgIpc) is 2.33. The van der Waals surface area contributed by atoms with Crippen LogP contribution < -0.4 is 10.0 Å². The molecule has 2 heterocycles. The van der Waals surface area contributed by atoms with Crippen molar-refractivity contribution in [3.05, 3.63) is 0 Å². The van der Waals surface area contributed by atoms with Crippen LogP contribution >= 0.6 is 0 Å². The summed E-state index contributed by atoms with van der Waals surface area (Å²) < 4.78 is 28.3. The first-order valence-corrected chi connectivity index (χ1v) is 7.56. The highest BCUT2D eigenvalue weighted by molar-refractivity contribution is 7.87. The maximum Gasteiger partial charge on any atom is 0.279 e. The van der Waals surface area contributed by atoms with Crippen LogP contribution in [0.15, 0.2) is 0 Å². The SMILES string of the molecule is O=C1CCC(NS(=O)(=O)N2CCCCC2)CN1. The Hall–Kier alpha value is -0.660. The highest BCUT2D eigenvalue weighted by Crippen LogP contribution is 2.13. The summed E-state index contributed by atoms with van der Waals surface area (Å²) in [5, 5.41) is 2.67. The van der Waals surface area contributed by atoms with Gasteiger partial charge in [-0.3, -0.25) is 4.79 Å². The summed E-state index contributed by atoms with van der Waals surface area (Å²) in [4.78, 5) is 11.0. The van der Waals surface area contributed by atoms with Crippen molar-refractivity contribution in [1.29, 1.82) is 0 Å². The van der Waals surface area contributed by atoms with E-state index in [0.29, 0.717) is 32.5 Å². The van der Waals surface area contributed by atoms with E-state index >= 15 is 0 Å². The zero-order valence-electron chi connectivity index (χ0n) is 9.81. The number of nitrogens with one attached hydrogen (secondary N) is 2. The van der Waals surface area contributed by atoms with Crippen molar-refractivity contribution in [3.63, 3.8) is 0 Å². The Kier molecular flexibility index (Phi) is 4.01. The molecule has 2 N–H and O–H groups in total. The van der Waals surface area contributed by atoms with E-state index in [2.05, 4.69) is 10.0 Å². The standard InChI is InChI=1S/C10H19N3O3S/c14-10-5-4-9(8-11-10)12-17(15,16)13-6-2-1-3-7-13/h9,12H,1-8H2,(H,11,14). The van der Waals surface area contributed by atoms with Crippen molar-refractivity contribution in [3.8, 4) is 0 Å². The van der Waals surface area contributed by atoms with Crippen LogP contribution in [0, 0.1) is 0 Å². The van der Waals surface area contributed by atoms with Gasteiger partial charge >= 0.3 is 0 Å². The van der Waals surface area contributed by atoms with Gasteiger partial charge in [-0.1, -0.05) is 6.42 Å². The maximum absolute atomic E-state index is 12.0. The fraction of sp³-hybridized carbons (Fsp3) is 0.900. The highest BCUT2D eigenvalue weighted by Gasteiger charge is 2.28. The fourth-order valence-corrected chi connectivity index (χ4v) is 3.73. The molecule has 2 saturated heterocycles. The Morgan fingerprint density at radius 1 is 1.24 bits per heavy atom. The molecule has 6 nitrogen and oxygen atoms in total. The predicted octanol–water partition coefficient (Wildman–Crippen LogP) is -0.415. The van der Waals surface area contributed by atoms with Crippen LogP contribution in [0.1, 0.15) is 32.1 Å². The normalized spacial score (nSPS) is 27.8. The summed E-state index contributed by atoms with van der Waals surface area (Å²) in [5.74, 6) is -0.00146. The molecule has 0 spiro atoms. The van der Waals surface area contributed by atoms with Crippen LogP contribution in [0.25, 0.3) is 0 Å². The molecule has 0 aromatic carbocycles. The lowest BCUT2D eigenvalue weighted by Gasteiger charge is -2.30. The van der Waals surface area contributed by atoms with Gasteiger partial charge in [0.15, 0.2) is 0 Å². The van der Waals surface area contributed by atoms with E-state index in [-0.39, 0.29) is 11.9 Å². The first-order valence-electron chi connectivity index (χ1n) is 6.12. The molecule has 1 amide bonds. The summed E-state index contributed by atoms with van der Waals surface area (Å²) in [6, 6.07) is -0.167. The van der Waals surface area contributed by atoms with Gasteiger partial charge in [-0.2, -0.15) is 17.4 Å². The number of hydrogen-bond donors (Lipinski definition) is 2. The Morgan fingerprint density at radius 2 is 1.94 bits per heavy atom. The molecule has 0 radical (unpaired) electrons. The van der Waals surface area contributed by atoms with Crippen LogP contribution in [-0.4, -0.2) is 44.3 Å². The summed E-state index contributed by atoms with van der Waals surface area (Å²) in [7, 11) is -3.37. The lowest BCUT2D eigenvalue weighted by atomic mass is 10.1. The fourth-order valence-electron chi connectivity index (χ4n) is 2.22. The lowest BCUT2D eigenvalue weighted by molar-refractivity contribution is -0.122. The molecule has 0 aromatic heterocycles. The van der Waals surface area contributed by atoms with Crippen LogP contribution in [0.4, 0.5) is 0 Å². The summed E-state index contributed by atoms with van der Waals surface area (Å²) in [6.07, 6.45) is 3.95. The number of nitrogens with zero attached hydrogens (tertiary/aromatic N) is 1. The number of carbonyl (C=O) groups is 1. The monoisotopic (exact) mass is 261 g/mol. The maximum atomic E-state index is 12.0.